The number of hydrogen-bond donors (Lipinski definition) is 0. The van der Waals surface area contributed by atoms with Crippen molar-refractivity contribution in [2.24, 2.45) is 16.8 Å². The van der Waals surface area contributed by atoms with Crippen LogP contribution >= 0.6 is 11.8 Å². The van der Waals surface area contributed by atoms with Crippen LogP contribution in [-0.4, -0.2) is 60.3 Å². The number of rotatable bonds is 4. The van der Waals surface area contributed by atoms with Gasteiger partial charge >= 0.3 is 0 Å². The quantitative estimate of drug-likeness (QED) is 0.725. The molecule has 1 amide bonds. The van der Waals surface area contributed by atoms with Gasteiger partial charge in [0.05, 0.1) is 31.1 Å². The van der Waals surface area contributed by atoms with Crippen molar-refractivity contribution in [3.63, 3.8) is 0 Å². The van der Waals surface area contributed by atoms with E-state index in [1.165, 1.54) is 31.0 Å². The summed E-state index contributed by atoms with van der Waals surface area (Å²) in [4.78, 5) is 19.5. The van der Waals surface area contributed by atoms with Crippen LogP contribution in [0.3, 0.4) is 0 Å². The molecule has 0 radical (unpaired) electrons. The van der Waals surface area contributed by atoms with Crippen LogP contribution in [0.5, 0.6) is 5.75 Å². The molecule has 2 aliphatic heterocycles. The van der Waals surface area contributed by atoms with Crippen molar-refractivity contribution in [1.29, 1.82) is 0 Å². The summed E-state index contributed by atoms with van der Waals surface area (Å²) in [6, 6.07) is 7.79. The van der Waals surface area contributed by atoms with Crippen LogP contribution in [0.2, 0.25) is 0 Å². The number of amides is 1. The number of carbonyl (C=O) groups is 1. The number of methoxy groups -OCH3 is 1. The highest BCUT2D eigenvalue weighted by molar-refractivity contribution is 8.15. The van der Waals surface area contributed by atoms with E-state index < -0.39 is 9.84 Å². The number of aliphatic imine (C=N–C) groups is 1. The molecule has 6 nitrogen and oxygen atoms in total. The van der Waals surface area contributed by atoms with Gasteiger partial charge < -0.3 is 9.64 Å². The molecule has 156 valence electrons. The van der Waals surface area contributed by atoms with Crippen molar-refractivity contribution in [3.05, 3.63) is 29.8 Å². The van der Waals surface area contributed by atoms with E-state index in [9.17, 15) is 13.2 Å². The molecule has 0 unspecified atom stereocenters. The van der Waals surface area contributed by atoms with Crippen LogP contribution in [0, 0.1) is 11.8 Å². The second-order valence-corrected chi connectivity index (χ2v) is 12.1. The summed E-state index contributed by atoms with van der Waals surface area (Å²) < 4.78 is 29.8. The minimum absolute atomic E-state index is 0.00284. The number of fused-ring (bicyclic) bond motifs is 3. The first kappa shape index (κ1) is 19.4. The Hall–Kier alpha value is -1.54. The van der Waals surface area contributed by atoms with E-state index in [0.717, 1.165) is 23.1 Å². The van der Waals surface area contributed by atoms with Gasteiger partial charge in [0.1, 0.15) is 5.75 Å². The van der Waals surface area contributed by atoms with Gasteiger partial charge in [0, 0.05) is 16.9 Å². The van der Waals surface area contributed by atoms with Gasteiger partial charge in [-0.25, -0.2) is 8.42 Å². The highest BCUT2D eigenvalue weighted by Crippen LogP contribution is 2.51. The molecule has 0 N–H and O–H groups in total. The Kier molecular flexibility index (Phi) is 4.89. The summed E-state index contributed by atoms with van der Waals surface area (Å²) in [6.45, 7) is 0. The third kappa shape index (κ3) is 3.58. The molecule has 0 spiro atoms. The lowest BCUT2D eigenvalue weighted by Gasteiger charge is -2.36. The predicted molar refractivity (Wildman–Crippen MR) is 114 cm³/mol. The lowest BCUT2D eigenvalue weighted by Crippen LogP contribution is -2.47. The summed E-state index contributed by atoms with van der Waals surface area (Å²) in [7, 11) is -1.41. The molecule has 2 saturated carbocycles. The minimum atomic E-state index is -3.01. The van der Waals surface area contributed by atoms with E-state index in [-0.39, 0.29) is 35.1 Å². The smallest absolute Gasteiger partial charge is 0.252 e. The molecule has 8 heteroatoms. The van der Waals surface area contributed by atoms with Crippen LogP contribution in [0.1, 0.15) is 31.2 Å². The maximum atomic E-state index is 12.8. The summed E-state index contributed by atoms with van der Waals surface area (Å²) >= 11 is 1.50. The number of amidine groups is 1. The number of benzene rings is 1. The van der Waals surface area contributed by atoms with Crippen LogP contribution in [-0.2, 0) is 21.1 Å². The third-order valence-electron chi connectivity index (χ3n) is 6.92. The number of nitrogens with zero attached hydrogens (tertiary/aromatic N) is 2. The highest BCUT2D eigenvalue weighted by Gasteiger charge is 2.54. The maximum absolute atomic E-state index is 12.8. The maximum Gasteiger partial charge on any atom is 0.252 e. The Balaban J connectivity index is 1.41. The van der Waals surface area contributed by atoms with Gasteiger partial charge in [0.2, 0.25) is 0 Å². The van der Waals surface area contributed by atoms with E-state index in [2.05, 4.69) is 9.89 Å². The van der Waals surface area contributed by atoms with E-state index >= 15 is 0 Å². The number of carbonyl (C=O) groups excluding carboxylic acids is 1. The van der Waals surface area contributed by atoms with Gasteiger partial charge in [-0.05, 0) is 37.2 Å². The number of para-hydroxylation sites is 1. The lowest BCUT2D eigenvalue weighted by molar-refractivity contribution is -0.117. The van der Waals surface area contributed by atoms with E-state index in [0.29, 0.717) is 17.7 Å². The van der Waals surface area contributed by atoms with Gasteiger partial charge in [0.15, 0.2) is 15.0 Å². The second-order valence-electron chi connectivity index (χ2n) is 8.73. The molecular formula is C21H26N2O4S2. The molecule has 29 heavy (non-hydrogen) atoms. The molecule has 5 atom stereocenters. The van der Waals surface area contributed by atoms with Gasteiger partial charge in [-0.2, -0.15) is 4.99 Å². The van der Waals surface area contributed by atoms with Crippen molar-refractivity contribution < 1.29 is 17.9 Å². The largest absolute Gasteiger partial charge is 0.496 e. The molecule has 4 fully saturated rings. The fourth-order valence-electron chi connectivity index (χ4n) is 5.69. The van der Waals surface area contributed by atoms with Crippen molar-refractivity contribution in [2.75, 3.05) is 18.6 Å². The number of sulfone groups is 1. The number of thioether (sulfide) groups is 1. The van der Waals surface area contributed by atoms with Crippen LogP contribution in [0.15, 0.2) is 29.3 Å². The van der Waals surface area contributed by atoms with Crippen molar-refractivity contribution in [2.45, 2.75) is 49.4 Å². The summed E-state index contributed by atoms with van der Waals surface area (Å²) in [5, 5.41) is 0.740. The zero-order valence-electron chi connectivity index (χ0n) is 16.5. The van der Waals surface area contributed by atoms with Gasteiger partial charge in [-0.3, -0.25) is 4.79 Å². The molecule has 2 aliphatic carbocycles. The SMILES string of the molecule is COc1ccccc1CC(=O)N=C1S[C@@H]2CS(=O)(=O)C[C@@H]2N1[C@H]1C[C@H]2CC[C@H]1C2. The monoisotopic (exact) mass is 434 g/mol. The van der Waals surface area contributed by atoms with Crippen LogP contribution < -0.4 is 4.74 Å². The zero-order valence-corrected chi connectivity index (χ0v) is 18.1. The average Bonchev–Trinajstić information content (AvgIpc) is 3.41. The fourth-order valence-corrected chi connectivity index (χ4v) is 9.68. The third-order valence-corrected chi connectivity index (χ3v) is 10.1. The minimum Gasteiger partial charge on any atom is -0.496 e. The number of hydrogen-bond acceptors (Lipinski definition) is 5. The average molecular weight is 435 g/mol. The molecule has 2 bridgehead atoms. The van der Waals surface area contributed by atoms with E-state index in [4.69, 9.17) is 4.74 Å². The van der Waals surface area contributed by atoms with Gasteiger partial charge in [-0.1, -0.05) is 36.4 Å². The first-order valence-electron chi connectivity index (χ1n) is 10.3. The Morgan fingerprint density at radius 1 is 1.21 bits per heavy atom. The lowest BCUT2D eigenvalue weighted by atomic mass is 9.93. The first-order chi connectivity index (χ1) is 13.9. The van der Waals surface area contributed by atoms with Crippen molar-refractivity contribution >= 4 is 32.7 Å². The van der Waals surface area contributed by atoms with Crippen LogP contribution in [0.25, 0.3) is 0 Å². The Morgan fingerprint density at radius 2 is 2.03 bits per heavy atom. The van der Waals surface area contributed by atoms with Crippen molar-refractivity contribution in [3.8, 4) is 5.75 Å². The summed E-state index contributed by atoms with van der Waals surface area (Å²) in [5.74, 6) is 2.23. The van der Waals surface area contributed by atoms with Gasteiger partial charge in [-0.15, -0.1) is 0 Å². The Bertz CT molecular complexity index is 961. The molecule has 2 saturated heterocycles. The predicted octanol–water partition coefficient (Wildman–Crippen LogP) is 2.52. The topological polar surface area (TPSA) is 76.0 Å². The highest BCUT2D eigenvalue weighted by atomic mass is 32.2. The van der Waals surface area contributed by atoms with Gasteiger partial charge in [0.25, 0.3) is 5.91 Å². The van der Waals surface area contributed by atoms with Crippen LogP contribution in [0.4, 0.5) is 0 Å². The van der Waals surface area contributed by atoms with Crippen molar-refractivity contribution in [1.82, 2.24) is 4.90 Å². The van der Waals surface area contributed by atoms with E-state index in [1.54, 1.807) is 7.11 Å². The number of ether oxygens (including phenoxy) is 1. The zero-order chi connectivity index (χ0) is 20.2. The molecule has 1 aromatic rings. The second kappa shape index (κ2) is 7.30. The van der Waals surface area contributed by atoms with E-state index in [1.807, 2.05) is 24.3 Å². The Morgan fingerprint density at radius 3 is 2.76 bits per heavy atom. The molecule has 1 aromatic carbocycles. The standard InChI is InChI=1S/C21H26N2O4S2/c1-27-18-5-3-2-4-15(18)10-20(24)22-21-23(16-9-13-6-7-14(16)8-13)17-11-29(25,26)12-19(17)28-21/h2-5,13-14,16-17,19H,6-12H2,1H3/t13-,14-,16-,17-,19+/m0/s1. The fraction of sp³-hybridized carbons (Fsp3) is 0.619. The molecule has 4 aliphatic rings. The molecule has 2 heterocycles. The molecular weight excluding hydrogens is 408 g/mol. The molecule has 0 aromatic heterocycles. The summed E-state index contributed by atoms with van der Waals surface area (Å²) in [6.07, 6.45) is 5.02. The normalized spacial score (nSPS) is 36.0. The first-order valence-corrected chi connectivity index (χ1v) is 13.0. The molecule has 5 rings (SSSR count). The Labute approximate surface area is 176 Å². The summed E-state index contributed by atoms with van der Waals surface area (Å²) in [5.41, 5.74) is 0.821.